The maximum absolute atomic E-state index is 5.92. The van der Waals surface area contributed by atoms with Crippen LogP contribution in [0.5, 0.6) is 0 Å². The van der Waals surface area contributed by atoms with Crippen LogP contribution in [0.1, 0.15) is 12.8 Å². The average molecular weight is 174 g/mol. The van der Waals surface area contributed by atoms with Crippen molar-refractivity contribution in [2.24, 2.45) is 47.3 Å². The van der Waals surface area contributed by atoms with Crippen molar-refractivity contribution in [2.75, 3.05) is 6.61 Å². The van der Waals surface area contributed by atoms with Crippen molar-refractivity contribution >= 4 is 0 Å². The Kier molecular flexibility index (Phi) is 0.551. The number of fused-ring (bicyclic) bond motifs is 4. The van der Waals surface area contributed by atoms with E-state index in [9.17, 15) is 0 Å². The number of hydrogen-bond donors (Lipinski definition) is 0. The molecular formula is C12H14O. The van der Waals surface area contributed by atoms with E-state index in [0.717, 1.165) is 36.2 Å². The highest BCUT2D eigenvalue weighted by Gasteiger charge is 2.88. The van der Waals surface area contributed by atoms with Crippen LogP contribution in [-0.4, -0.2) is 12.2 Å². The molecule has 5 saturated carbocycles. The van der Waals surface area contributed by atoms with Gasteiger partial charge in [-0.1, -0.05) is 0 Å². The van der Waals surface area contributed by atoms with Gasteiger partial charge < -0.3 is 4.74 Å². The second kappa shape index (κ2) is 1.25. The highest BCUT2D eigenvalue weighted by Crippen LogP contribution is 2.87. The maximum Gasteiger partial charge on any atom is 0.0983 e. The largest absolute Gasteiger partial charge is 0.369 e. The molecule has 0 N–H and O–H groups in total. The predicted molar refractivity (Wildman–Crippen MR) is 45.8 cm³/mol. The summed E-state index contributed by atoms with van der Waals surface area (Å²) in [5.74, 6) is 9.11. The summed E-state index contributed by atoms with van der Waals surface area (Å²) in [6.45, 7) is 1.15. The molecule has 2 bridgehead atoms. The first-order valence-electron chi connectivity index (χ1n) is 6.06. The highest BCUT2D eigenvalue weighted by molar-refractivity contribution is 5.35. The van der Waals surface area contributed by atoms with Crippen LogP contribution in [0.15, 0.2) is 0 Å². The molecule has 0 aromatic heterocycles. The molecule has 1 heteroatoms. The van der Waals surface area contributed by atoms with Crippen molar-refractivity contribution in [1.82, 2.24) is 0 Å². The molecule has 9 atom stereocenters. The third kappa shape index (κ3) is 0.319. The molecule has 6 fully saturated rings. The van der Waals surface area contributed by atoms with Gasteiger partial charge in [0.2, 0.25) is 0 Å². The molecule has 1 nitrogen and oxygen atoms in total. The second-order valence-electron chi connectivity index (χ2n) is 6.58. The average Bonchev–Trinajstić information content (AvgIpc) is 2.54. The Morgan fingerprint density at radius 3 is 2.46 bits per heavy atom. The minimum Gasteiger partial charge on any atom is -0.369 e. The van der Waals surface area contributed by atoms with Crippen molar-refractivity contribution in [3.63, 3.8) is 0 Å². The second-order valence-corrected chi connectivity index (χ2v) is 6.58. The zero-order chi connectivity index (χ0) is 7.95. The van der Waals surface area contributed by atoms with Crippen LogP contribution in [0.4, 0.5) is 0 Å². The Morgan fingerprint density at radius 1 is 0.846 bits per heavy atom. The van der Waals surface area contributed by atoms with Gasteiger partial charge in [-0.15, -0.1) is 0 Å². The molecule has 1 spiro atoms. The van der Waals surface area contributed by atoms with E-state index >= 15 is 0 Å². The zero-order valence-electron chi connectivity index (χ0n) is 7.65. The lowest BCUT2D eigenvalue weighted by Gasteiger charge is -2.46. The van der Waals surface area contributed by atoms with Gasteiger partial charge in [-0.25, -0.2) is 0 Å². The quantitative estimate of drug-likeness (QED) is 0.507. The fourth-order valence-electron chi connectivity index (χ4n) is 7.16. The smallest absolute Gasteiger partial charge is 0.0983 e. The molecule has 0 radical (unpaired) electrons. The molecule has 5 aliphatic carbocycles. The fourth-order valence-corrected chi connectivity index (χ4v) is 7.16. The Hall–Kier alpha value is -0.0400. The molecule has 6 aliphatic rings. The van der Waals surface area contributed by atoms with E-state index in [1.54, 1.807) is 12.8 Å². The molecular weight excluding hydrogens is 160 g/mol. The monoisotopic (exact) mass is 174 g/mol. The fraction of sp³-hybridized carbons (Fsp3) is 1.00. The first-order chi connectivity index (χ1) is 6.42. The van der Waals surface area contributed by atoms with Crippen LogP contribution in [0, 0.1) is 47.3 Å². The minimum absolute atomic E-state index is 0.505. The standard InChI is InChI=1S/C12H14O/c1-4-5-2-6-8(4)9-7(1)10(5)12(3-13-12)11(6)9/h4-11H,1-3H2/t4-,5+,6+,7-,8+,9+,10-,11-,12+/m0/s1. The minimum atomic E-state index is 0.505. The van der Waals surface area contributed by atoms with E-state index in [-0.39, 0.29) is 0 Å². The Balaban J connectivity index is 1.76. The van der Waals surface area contributed by atoms with Gasteiger partial charge >= 0.3 is 0 Å². The SMILES string of the molecule is C1[C@@H]2[C@@H]3C[C@H]4[C@@H]5[C@H]3[C@@H]1[C@@H]5[C@@]1(CO1)[C@@H]24. The summed E-state index contributed by atoms with van der Waals surface area (Å²) in [5.41, 5.74) is 0.505. The van der Waals surface area contributed by atoms with E-state index in [4.69, 9.17) is 4.74 Å². The van der Waals surface area contributed by atoms with Crippen molar-refractivity contribution in [3.8, 4) is 0 Å². The third-order valence-corrected chi connectivity index (χ3v) is 6.97. The Bertz CT molecular complexity index is 339. The molecule has 6 rings (SSSR count). The van der Waals surface area contributed by atoms with Crippen LogP contribution < -0.4 is 0 Å². The van der Waals surface area contributed by atoms with E-state index in [1.165, 1.54) is 17.8 Å². The van der Waals surface area contributed by atoms with Gasteiger partial charge in [-0.2, -0.15) is 0 Å². The molecule has 1 aliphatic heterocycles. The lowest BCUT2D eigenvalue weighted by molar-refractivity contribution is -0.0168. The van der Waals surface area contributed by atoms with Gasteiger partial charge in [-0.05, 0) is 60.2 Å². The molecule has 68 valence electrons. The van der Waals surface area contributed by atoms with Gasteiger partial charge in [0.1, 0.15) is 0 Å². The van der Waals surface area contributed by atoms with Gasteiger partial charge in [0.15, 0.2) is 0 Å². The maximum atomic E-state index is 5.92. The van der Waals surface area contributed by atoms with Crippen LogP contribution >= 0.6 is 0 Å². The highest BCUT2D eigenvalue weighted by atomic mass is 16.6. The van der Waals surface area contributed by atoms with Gasteiger partial charge in [0, 0.05) is 0 Å². The van der Waals surface area contributed by atoms with E-state index in [1.807, 2.05) is 0 Å². The number of epoxide rings is 1. The molecule has 13 heavy (non-hydrogen) atoms. The number of ether oxygens (including phenoxy) is 1. The lowest BCUT2D eigenvalue weighted by Crippen LogP contribution is -2.47. The topological polar surface area (TPSA) is 12.5 Å². The summed E-state index contributed by atoms with van der Waals surface area (Å²) in [4.78, 5) is 0. The summed E-state index contributed by atoms with van der Waals surface area (Å²) in [6.07, 6.45) is 3.23. The number of hydrogen-bond acceptors (Lipinski definition) is 1. The summed E-state index contributed by atoms with van der Waals surface area (Å²) in [5, 5.41) is 0. The summed E-state index contributed by atoms with van der Waals surface area (Å²) < 4.78 is 5.92. The van der Waals surface area contributed by atoms with Gasteiger partial charge in [0.25, 0.3) is 0 Å². The third-order valence-electron chi connectivity index (χ3n) is 6.97. The van der Waals surface area contributed by atoms with Crippen molar-refractivity contribution < 1.29 is 4.74 Å². The Morgan fingerprint density at radius 2 is 1.62 bits per heavy atom. The zero-order valence-corrected chi connectivity index (χ0v) is 7.65. The van der Waals surface area contributed by atoms with E-state index in [0.29, 0.717) is 5.60 Å². The van der Waals surface area contributed by atoms with Crippen LogP contribution in [0.3, 0.4) is 0 Å². The molecule has 1 heterocycles. The Labute approximate surface area is 77.8 Å². The van der Waals surface area contributed by atoms with Crippen molar-refractivity contribution in [1.29, 1.82) is 0 Å². The van der Waals surface area contributed by atoms with Gasteiger partial charge in [0.05, 0.1) is 12.2 Å². The van der Waals surface area contributed by atoms with Crippen molar-refractivity contribution in [2.45, 2.75) is 18.4 Å². The molecule has 0 amide bonds. The predicted octanol–water partition coefficient (Wildman–Crippen LogP) is 1.53. The summed E-state index contributed by atoms with van der Waals surface area (Å²) in [7, 11) is 0. The first kappa shape index (κ1) is 5.75. The first-order valence-corrected chi connectivity index (χ1v) is 6.06. The molecule has 0 aromatic carbocycles. The summed E-state index contributed by atoms with van der Waals surface area (Å²) >= 11 is 0. The molecule has 0 unspecified atom stereocenters. The van der Waals surface area contributed by atoms with Crippen LogP contribution in [0.2, 0.25) is 0 Å². The van der Waals surface area contributed by atoms with Crippen LogP contribution in [0.25, 0.3) is 0 Å². The molecule has 0 aromatic rings. The lowest BCUT2D eigenvalue weighted by atomic mass is 9.57. The van der Waals surface area contributed by atoms with Crippen molar-refractivity contribution in [3.05, 3.63) is 0 Å². The normalized spacial score (nSPS) is 88.6. The summed E-state index contributed by atoms with van der Waals surface area (Å²) in [6, 6.07) is 0. The van der Waals surface area contributed by atoms with Gasteiger partial charge in [-0.3, -0.25) is 0 Å². The number of rotatable bonds is 0. The van der Waals surface area contributed by atoms with E-state index < -0.39 is 0 Å². The van der Waals surface area contributed by atoms with Crippen LogP contribution in [-0.2, 0) is 4.74 Å². The molecule has 1 saturated heterocycles. The van der Waals surface area contributed by atoms with E-state index in [2.05, 4.69) is 0 Å².